The topological polar surface area (TPSA) is 56.0 Å². The number of hydrogen-bond donors (Lipinski definition) is 1. The van der Waals surface area contributed by atoms with Crippen LogP contribution in [0, 0.1) is 22.7 Å². The summed E-state index contributed by atoms with van der Waals surface area (Å²) in [6.07, 6.45) is 10.2. The van der Waals surface area contributed by atoms with Gasteiger partial charge in [0.25, 0.3) is 0 Å². The van der Waals surface area contributed by atoms with Gasteiger partial charge in [-0.1, -0.05) is 55.8 Å². The van der Waals surface area contributed by atoms with Gasteiger partial charge in [-0.2, -0.15) is 0 Å². The number of hydrogen-bond acceptors (Lipinski definition) is 3. The summed E-state index contributed by atoms with van der Waals surface area (Å²) in [5.74, 6) is 1.85. The van der Waals surface area contributed by atoms with Crippen molar-refractivity contribution in [2.75, 3.05) is 13.7 Å². The number of allylic oxidation sites excluding steroid dienone is 1. The number of carbonyl (C=O) groups excluding carboxylic acids is 1. The van der Waals surface area contributed by atoms with Gasteiger partial charge in [0.05, 0.1) is 25.3 Å². The molecule has 0 radical (unpaired) electrons. The highest BCUT2D eigenvalue weighted by molar-refractivity contribution is 5.77. The van der Waals surface area contributed by atoms with Crippen molar-refractivity contribution in [1.82, 2.24) is 0 Å². The molecule has 1 heterocycles. The fourth-order valence-corrected chi connectivity index (χ4v) is 7.18. The fraction of sp³-hybridized carbons (Fsp3) is 0.567. The smallest absolute Gasteiger partial charge is 0.311 e. The quantitative estimate of drug-likeness (QED) is 0.304. The van der Waals surface area contributed by atoms with E-state index in [9.17, 15) is 4.79 Å². The van der Waals surface area contributed by atoms with E-state index in [1.54, 1.807) is 0 Å². The van der Waals surface area contributed by atoms with Crippen LogP contribution in [0.15, 0.2) is 59.2 Å². The van der Waals surface area contributed by atoms with Gasteiger partial charge in [-0.15, -0.1) is 0 Å². The molecule has 0 saturated heterocycles. The van der Waals surface area contributed by atoms with Crippen LogP contribution >= 0.6 is 0 Å². The Bertz CT molecular complexity index is 980. The molecule has 2 fully saturated rings. The highest BCUT2D eigenvalue weighted by Crippen LogP contribution is 2.62. The molecule has 0 spiro atoms. The zero-order valence-electron chi connectivity index (χ0n) is 21.3. The van der Waals surface area contributed by atoms with E-state index in [1.165, 1.54) is 30.2 Å². The molecule has 1 aromatic heterocycles. The van der Waals surface area contributed by atoms with E-state index in [-0.39, 0.29) is 16.8 Å². The lowest BCUT2D eigenvalue weighted by Gasteiger charge is -2.57. The minimum atomic E-state index is -0.380. The first kappa shape index (κ1) is 24.8. The van der Waals surface area contributed by atoms with Crippen LogP contribution in [-0.2, 0) is 28.9 Å². The second-order valence-corrected chi connectivity index (χ2v) is 11.0. The normalized spacial score (nSPS) is 29.0. The number of ether oxygens (including phenoxy) is 1. The molecular weight excluding hydrogens is 422 g/mol. The first-order chi connectivity index (χ1) is 16.4. The Labute approximate surface area is 205 Å². The number of benzene rings is 1. The number of methoxy groups -OCH3 is 1. The largest absolute Gasteiger partial charge is 0.469 e. The number of fused-ring (bicyclic) bond motifs is 1. The van der Waals surface area contributed by atoms with E-state index in [4.69, 9.17) is 9.15 Å². The zero-order chi connectivity index (χ0) is 24.2. The number of nitrogens with two attached hydrogens (primary N) is 1. The van der Waals surface area contributed by atoms with Crippen LogP contribution in [0.1, 0.15) is 69.3 Å². The lowest BCUT2D eigenvalue weighted by Crippen LogP contribution is -2.83. The summed E-state index contributed by atoms with van der Waals surface area (Å²) in [5.41, 5.74) is 3.79. The van der Waals surface area contributed by atoms with Crippen LogP contribution in [0.4, 0.5) is 0 Å². The molecule has 4 atom stereocenters. The number of quaternary nitrogens is 1. The summed E-state index contributed by atoms with van der Waals surface area (Å²) < 4.78 is 11.2. The Morgan fingerprint density at radius 3 is 2.74 bits per heavy atom. The maximum atomic E-state index is 12.8. The van der Waals surface area contributed by atoms with Gasteiger partial charge in [0.1, 0.15) is 6.54 Å². The average Bonchev–Trinajstić information content (AvgIpc) is 3.28. The van der Waals surface area contributed by atoms with Gasteiger partial charge in [0.15, 0.2) is 5.76 Å². The summed E-state index contributed by atoms with van der Waals surface area (Å²) in [4.78, 5) is 12.8. The molecule has 0 aliphatic heterocycles. The molecule has 0 bridgehead atoms. The number of esters is 1. The van der Waals surface area contributed by atoms with Gasteiger partial charge in [-0.3, -0.25) is 4.79 Å². The molecular formula is C30H42NO3+. The summed E-state index contributed by atoms with van der Waals surface area (Å²) in [6.45, 7) is 11.0. The molecule has 4 nitrogen and oxygen atoms in total. The molecule has 2 saturated carbocycles. The molecule has 2 aliphatic carbocycles. The second-order valence-electron chi connectivity index (χ2n) is 11.0. The van der Waals surface area contributed by atoms with Crippen molar-refractivity contribution >= 4 is 5.97 Å². The SMILES string of the molecule is C=C1CC[C@@H]2[C@@](C)(CCC[C@]2(C)C(=O)OC)[C@H]1CCc1ccoc1C[NH2+]CCc1ccccc1. The Morgan fingerprint density at radius 2 is 1.97 bits per heavy atom. The van der Waals surface area contributed by atoms with Crippen LogP contribution in [0.3, 0.4) is 0 Å². The van der Waals surface area contributed by atoms with Crippen molar-refractivity contribution in [3.8, 4) is 0 Å². The number of carbonyl (C=O) groups is 1. The van der Waals surface area contributed by atoms with Gasteiger partial charge in [0, 0.05) is 6.42 Å². The van der Waals surface area contributed by atoms with Crippen molar-refractivity contribution in [2.24, 2.45) is 22.7 Å². The fourth-order valence-electron chi connectivity index (χ4n) is 7.18. The predicted molar refractivity (Wildman–Crippen MR) is 135 cm³/mol. The Hall–Kier alpha value is -2.33. The molecule has 34 heavy (non-hydrogen) atoms. The van der Waals surface area contributed by atoms with Gasteiger partial charge < -0.3 is 14.5 Å². The van der Waals surface area contributed by atoms with Gasteiger partial charge in [0.2, 0.25) is 0 Å². The summed E-state index contributed by atoms with van der Waals surface area (Å²) >= 11 is 0. The highest BCUT2D eigenvalue weighted by Gasteiger charge is 2.57. The maximum Gasteiger partial charge on any atom is 0.311 e. The maximum absolute atomic E-state index is 12.8. The van der Waals surface area contributed by atoms with E-state index in [1.807, 2.05) is 6.26 Å². The number of furan rings is 1. The van der Waals surface area contributed by atoms with Crippen molar-refractivity contribution in [3.05, 3.63) is 71.7 Å². The first-order valence-electron chi connectivity index (χ1n) is 13.1. The van der Waals surface area contributed by atoms with Gasteiger partial charge >= 0.3 is 5.97 Å². The third kappa shape index (κ3) is 4.88. The molecule has 4 rings (SSSR count). The third-order valence-corrected chi connectivity index (χ3v) is 9.02. The molecule has 0 amide bonds. The van der Waals surface area contributed by atoms with Crippen molar-refractivity contribution in [3.63, 3.8) is 0 Å². The summed E-state index contributed by atoms with van der Waals surface area (Å²) in [7, 11) is 1.54. The lowest BCUT2D eigenvalue weighted by atomic mass is 9.46. The van der Waals surface area contributed by atoms with Crippen LogP contribution < -0.4 is 5.32 Å². The predicted octanol–water partition coefficient (Wildman–Crippen LogP) is 5.47. The standard InChI is InChI=1S/C30H41NO3/c1-22-11-14-27-29(2,17-8-18-30(27,3)28(32)33-4)25(22)13-12-24-16-20-34-26(24)21-31-19-15-23-9-6-5-7-10-23/h5-7,9-10,16,20,25,27,31H,1,8,11-15,17-19,21H2,2-4H3/p+1/t25-,27+,29-,30-/m0/s1. The number of aryl methyl sites for hydroxylation is 1. The average molecular weight is 465 g/mol. The monoisotopic (exact) mass is 464 g/mol. The Morgan fingerprint density at radius 1 is 1.18 bits per heavy atom. The second kappa shape index (κ2) is 10.5. The van der Waals surface area contributed by atoms with E-state index in [0.717, 1.165) is 63.8 Å². The first-order valence-corrected chi connectivity index (χ1v) is 13.1. The third-order valence-electron chi connectivity index (χ3n) is 9.02. The van der Waals surface area contributed by atoms with E-state index in [0.29, 0.717) is 11.8 Å². The van der Waals surface area contributed by atoms with Gasteiger partial charge in [-0.05, 0) is 79.9 Å². The van der Waals surface area contributed by atoms with Crippen molar-refractivity contribution in [1.29, 1.82) is 0 Å². The number of rotatable bonds is 9. The Balaban J connectivity index is 1.39. The van der Waals surface area contributed by atoms with Crippen LogP contribution in [0.25, 0.3) is 0 Å². The molecule has 2 aliphatic rings. The zero-order valence-corrected chi connectivity index (χ0v) is 21.3. The summed E-state index contributed by atoms with van der Waals surface area (Å²) in [5, 5.41) is 2.34. The molecule has 0 unspecified atom stereocenters. The van der Waals surface area contributed by atoms with E-state index in [2.05, 4.69) is 62.1 Å². The highest BCUT2D eigenvalue weighted by atomic mass is 16.5. The lowest BCUT2D eigenvalue weighted by molar-refractivity contribution is -0.671. The molecule has 184 valence electrons. The minimum Gasteiger partial charge on any atom is -0.469 e. The minimum absolute atomic E-state index is 0.0298. The van der Waals surface area contributed by atoms with E-state index < -0.39 is 0 Å². The molecule has 2 N–H and O–H groups in total. The van der Waals surface area contributed by atoms with Crippen LogP contribution in [0.5, 0.6) is 0 Å². The molecule has 4 heteroatoms. The molecule has 2 aromatic rings. The van der Waals surface area contributed by atoms with Gasteiger partial charge in [-0.25, -0.2) is 0 Å². The Kier molecular flexibility index (Phi) is 7.67. The summed E-state index contributed by atoms with van der Waals surface area (Å²) in [6, 6.07) is 12.8. The van der Waals surface area contributed by atoms with Crippen LogP contribution in [0.2, 0.25) is 0 Å². The van der Waals surface area contributed by atoms with Crippen molar-refractivity contribution < 1.29 is 19.3 Å². The molecule has 1 aromatic carbocycles. The van der Waals surface area contributed by atoms with E-state index >= 15 is 0 Å². The van der Waals surface area contributed by atoms with Crippen molar-refractivity contribution in [2.45, 2.75) is 71.8 Å². The van der Waals surface area contributed by atoms with Crippen LogP contribution in [-0.4, -0.2) is 19.6 Å².